The lowest BCUT2D eigenvalue weighted by Gasteiger charge is -2.28. The maximum Gasteiger partial charge on any atom is 0.344 e. The van der Waals surface area contributed by atoms with Crippen molar-refractivity contribution in [3.05, 3.63) is 33.9 Å². The smallest absolute Gasteiger partial charge is 0.344 e. The van der Waals surface area contributed by atoms with E-state index in [-0.39, 0.29) is 11.3 Å². The van der Waals surface area contributed by atoms with Crippen LogP contribution in [0.15, 0.2) is 18.2 Å². The molecule has 0 aromatic heterocycles. The molecule has 0 aliphatic carbocycles. The summed E-state index contributed by atoms with van der Waals surface area (Å²) in [6.07, 6.45) is 3.41. The number of anilines is 1. The quantitative estimate of drug-likeness (QED) is 0.476. The Morgan fingerprint density at radius 1 is 1.32 bits per heavy atom. The zero-order valence-electron chi connectivity index (χ0n) is 10.8. The van der Waals surface area contributed by atoms with Crippen LogP contribution in [0.1, 0.15) is 29.6 Å². The van der Waals surface area contributed by atoms with E-state index in [1.807, 2.05) is 0 Å². The van der Waals surface area contributed by atoms with Crippen molar-refractivity contribution in [2.45, 2.75) is 19.3 Å². The third-order valence-corrected chi connectivity index (χ3v) is 3.30. The van der Waals surface area contributed by atoms with Gasteiger partial charge in [-0.3, -0.25) is 10.1 Å². The molecule has 1 aromatic carbocycles. The molecule has 0 unspecified atom stereocenters. The zero-order chi connectivity index (χ0) is 13.8. The van der Waals surface area contributed by atoms with Gasteiger partial charge >= 0.3 is 5.97 Å². The van der Waals surface area contributed by atoms with Crippen LogP contribution >= 0.6 is 0 Å². The molecule has 1 aromatic rings. The van der Waals surface area contributed by atoms with Crippen molar-refractivity contribution in [1.82, 2.24) is 0 Å². The number of nitrogens with zero attached hydrogens (tertiary/aromatic N) is 2. The molecule has 0 atom stereocenters. The molecule has 1 aliphatic rings. The molecule has 0 bridgehead atoms. The Morgan fingerprint density at radius 2 is 2.00 bits per heavy atom. The standard InChI is InChI=1S/C13H16N2O4/c1-19-13(16)11-9-10(5-6-12(11)15(17)18)14-7-3-2-4-8-14/h5-6,9H,2-4,7-8H2,1H3. The lowest BCUT2D eigenvalue weighted by molar-refractivity contribution is -0.385. The summed E-state index contributed by atoms with van der Waals surface area (Å²) in [6, 6.07) is 4.61. The van der Waals surface area contributed by atoms with Gasteiger partial charge in [-0.2, -0.15) is 0 Å². The highest BCUT2D eigenvalue weighted by Gasteiger charge is 2.23. The SMILES string of the molecule is COC(=O)c1cc(N2CCCCC2)ccc1[N+](=O)[O-]. The van der Waals surface area contributed by atoms with Crippen LogP contribution in [0, 0.1) is 10.1 Å². The second-order valence-corrected chi connectivity index (χ2v) is 4.50. The molecule has 1 heterocycles. The topological polar surface area (TPSA) is 72.7 Å². The minimum atomic E-state index is -0.675. The van der Waals surface area contributed by atoms with E-state index >= 15 is 0 Å². The van der Waals surface area contributed by atoms with Crippen LogP contribution in [-0.2, 0) is 4.74 Å². The lowest BCUT2D eigenvalue weighted by Crippen LogP contribution is -2.29. The number of ether oxygens (including phenoxy) is 1. The molecule has 19 heavy (non-hydrogen) atoms. The first-order chi connectivity index (χ1) is 9.13. The second kappa shape index (κ2) is 5.69. The number of piperidine rings is 1. The molecule has 2 rings (SSSR count). The van der Waals surface area contributed by atoms with E-state index in [9.17, 15) is 14.9 Å². The predicted octanol–water partition coefficient (Wildman–Crippen LogP) is 2.37. The van der Waals surface area contributed by atoms with Gasteiger partial charge in [-0.1, -0.05) is 0 Å². The summed E-state index contributed by atoms with van der Waals surface area (Å²) in [5, 5.41) is 10.9. The maximum atomic E-state index is 11.6. The van der Waals surface area contributed by atoms with E-state index < -0.39 is 10.9 Å². The molecule has 0 saturated carbocycles. The number of benzene rings is 1. The van der Waals surface area contributed by atoms with Crippen LogP contribution in [0.3, 0.4) is 0 Å². The number of hydrogen-bond donors (Lipinski definition) is 0. The Morgan fingerprint density at radius 3 is 2.58 bits per heavy atom. The van der Waals surface area contributed by atoms with Gasteiger partial charge in [0.05, 0.1) is 12.0 Å². The van der Waals surface area contributed by atoms with Gasteiger partial charge in [-0.25, -0.2) is 4.79 Å². The van der Waals surface area contributed by atoms with Crippen molar-refractivity contribution in [3.8, 4) is 0 Å². The highest BCUT2D eigenvalue weighted by molar-refractivity contribution is 5.95. The van der Waals surface area contributed by atoms with Crippen molar-refractivity contribution < 1.29 is 14.5 Å². The summed E-state index contributed by atoms with van der Waals surface area (Å²) in [5.41, 5.74) is 0.633. The molecular formula is C13H16N2O4. The highest BCUT2D eigenvalue weighted by atomic mass is 16.6. The second-order valence-electron chi connectivity index (χ2n) is 4.50. The van der Waals surface area contributed by atoms with Gasteiger partial charge in [-0.05, 0) is 31.4 Å². The first-order valence-electron chi connectivity index (χ1n) is 6.25. The van der Waals surface area contributed by atoms with E-state index in [0.29, 0.717) is 0 Å². The number of nitro groups is 1. The average molecular weight is 264 g/mol. The minimum absolute atomic E-state index is 0.00979. The Kier molecular flexibility index (Phi) is 3.99. The fourth-order valence-corrected chi connectivity index (χ4v) is 2.31. The van der Waals surface area contributed by atoms with E-state index in [4.69, 9.17) is 0 Å². The summed E-state index contributed by atoms with van der Waals surface area (Å²) in [5.74, 6) is -0.675. The molecule has 1 aliphatic heterocycles. The Hall–Kier alpha value is -2.11. The van der Waals surface area contributed by atoms with Gasteiger partial charge in [0.2, 0.25) is 0 Å². The Bertz CT molecular complexity index is 495. The fraction of sp³-hybridized carbons (Fsp3) is 0.462. The number of rotatable bonds is 3. The van der Waals surface area contributed by atoms with Crippen molar-refractivity contribution in [1.29, 1.82) is 0 Å². The molecule has 0 amide bonds. The van der Waals surface area contributed by atoms with Crippen LogP contribution < -0.4 is 4.90 Å². The summed E-state index contributed by atoms with van der Waals surface area (Å²) < 4.78 is 4.61. The maximum absolute atomic E-state index is 11.6. The number of carbonyl (C=O) groups is 1. The molecule has 1 fully saturated rings. The van der Waals surface area contributed by atoms with Gasteiger partial charge in [0.1, 0.15) is 5.56 Å². The fourth-order valence-electron chi connectivity index (χ4n) is 2.31. The van der Waals surface area contributed by atoms with Crippen molar-refractivity contribution in [2.75, 3.05) is 25.1 Å². The number of esters is 1. The molecule has 0 radical (unpaired) electrons. The lowest BCUT2D eigenvalue weighted by atomic mass is 10.1. The normalized spacial score (nSPS) is 15.1. The first-order valence-corrected chi connectivity index (χ1v) is 6.25. The summed E-state index contributed by atoms with van der Waals surface area (Å²) >= 11 is 0. The molecule has 6 nitrogen and oxygen atoms in total. The first kappa shape index (κ1) is 13.3. The van der Waals surface area contributed by atoms with E-state index in [1.54, 1.807) is 12.1 Å². The van der Waals surface area contributed by atoms with Crippen LogP contribution in [-0.4, -0.2) is 31.1 Å². The van der Waals surface area contributed by atoms with E-state index in [0.717, 1.165) is 31.6 Å². The number of hydrogen-bond acceptors (Lipinski definition) is 5. The van der Waals surface area contributed by atoms with Gasteiger partial charge < -0.3 is 9.64 Å². The van der Waals surface area contributed by atoms with Crippen LogP contribution in [0.2, 0.25) is 0 Å². The highest BCUT2D eigenvalue weighted by Crippen LogP contribution is 2.27. The summed E-state index contributed by atoms with van der Waals surface area (Å²) in [6.45, 7) is 1.83. The van der Waals surface area contributed by atoms with Gasteiger partial charge in [-0.15, -0.1) is 0 Å². The van der Waals surface area contributed by atoms with Crippen LogP contribution in [0.4, 0.5) is 11.4 Å². The Labute approximate surface area is 111 Å². The van der Waals surface area contributed by atoms with E-state index in [2.05, 4.69) is 9.64 Å². The zero-order valence-corrected chi connectivity index (χ0v) is 10.8. The number of nitro benzene ring substituents is 1. The van der Waals surface area contributed by atoms with E-state index in [1.165, 1.54) is 19.6 Å². The van der Waals surface area contributed by atoms with Gasteiger partial charge in [0.15, 0.2) is 0 Å². The van der Waals surface area contributed by atoms with Gasteiger partial charge in [0.25, 0.3) is 5.69 Å². The van der Waals surface area contributed by atoms with Gasteiger partial charge in [0, 0.05) is 24.8 Å². The summed E-state index contributed by atoms with van der Waals surface area (Å²) in [4.78, 5) is 24.1. The summed E-state index contributed by atoms with van der Waals surface area (Å²) in [7, 11) is 1.22. The molecule has 1 saturated heterocycles. The average Bonchev–Trinajstić information content (AvgIpc) is 2.46. The minimum Gasteiger partial charge on any atom is -0.465 e. The molecule has 102 valence electrons. The molecular weight excluding hydrogens is 248 g/mol. The molecule has 0 N–H and O–H groups in total. The monoisotopic (exact) mass is 264 g/mol. The van der Waals surface area contributed by atoms with Crippen molar-refractivity contribution in [3.63, 3.8) is 0 Å². The largest absolute Gasteiger partial charge is 0.465 e. The van der Waals surface area contributed by atoms with Crippen LogP contribution in [0.5, 0.6) is 0 Å². The third kappa shape index (κ3) is 2.83. The molecule has 0 spiro atoms. The van der Waals surface area contributed by atoms with Crippen molar-refractivity contribution >= 4 is 17.3 Å². The van der Waals surface area contributed by atoms with Crippen LogP contribution in [0.25, 0.3) is 0 Å². The van der Waals surface area contributed by atoms with Crippen molar-refractivity contribution in [2.24, 2.45) is 0 Å². The Balaban J connectivity index is 2.36. The number of methoxy groups -OCH3 is 1. The molecule has 6 heteroatoms. The third-order valence-electron chi connectivity index (χ3n) is 3.30. The number of carbonyl (C=O) groups excluding carboxylic acids is 1. The predicted molar refractivity (Wildman–Crippen MR) is 70.5 cm³/mol.